The lowest BCUT2D eigenvalue weighted by atomic mass is 9.96. The zero-order valence-corrected chi connectivity index (χ0v) is 9.80. The lowest BCUT2D eigenvalue weighted by Crippen LogP contribution is -2.34. The summed E-state index contributed by atoms with van der Waals surface area (Å²) in [6.45, 7) is 0.554. The number of hydrogen-bond donors (Lipinski definition) is 1. The van der Waals surface area contributed by atoms with Gasteiger partial charge in [-0.2, -0.15) is 0 Å². The van der Waals surface area contributed by atoms with Crippen LogP contribution < -0.4 is 5.73 Å². The molecule has 76 valence electrons. The Morgan fingerprint density at radius 1 is 1.57 bits per heavy atom. The van der Waals surface area contributed by atoms with E-state index in [1.807, 2.05) is 6.07 Å². The minimum absolute atomic E-state index is 0.240. The second-order valence-corrected chi connectivity index (χ2v) is 4.62. The normalized spacial score (nSPS) is 25.1. The minimum Gasteiger partial charge on any atom is -0.372 e. The first kappa shape index (κ1) is 10.1. The van der Waals surface area contributed by atoms with Crippen LogP contribution in [-0.2, 0) is 16.8 Å². The van der Waals surface area contributed by atoms with Gasteiger partial charge in [0.05, 0.1) is 0 Å². The van der Waals surface area contributed by atoms with Crippen LogP contribution >= 0.6 is 15.9 Å². The van der Waals surface area contributed by atoms with Crippen LogP contribution in [0.4, 0.5) is 0 Å². The molecule has 2 N–H and O–H groups in total. The van der Waals surface area contributed by atoms with Gasteiger partial charge in [0.2, 0.25) is 0 Å². The van der Waals surface area contributed by atoms with Crippen molar-refractivity contribution in [3.8, 4) is 0 Å². The molecule has 0 fully saturated rings. The monoisotopic (exact) mass is 255 g/mol. The molecule has 0 bridgehead atoms. The van der Waals surface area contributed by atoms with Gasteiger partial charge in [-0.15, -0.1) is 0 Å². The lowest BCUT2D eigenvalue weighted by molar-refractivity contribution is -0.00514. The molecule has 1 aliphatic carbocycles. The summed E-state index contributed by atoms with van der Waals surface area (Å²) < 4.78 is 6.70. The van der Waals surface area contributed by atoms with Crippen LogP contribution in [0.1, 0.15) is 17.5 Å². The predicted molar refractivity (Wildman–Crippen MR) is 60.2 cm³/mol. The van der Waals surface area contributed by atoms with E-state index < -0.39 is 0 Å². The number of hydrogen-bond acceptors (Lipinski definition) is 2. The smallest absolute Gasteiger partial charge is 0.105 e. The van der Waals surface area contributed by atoms with E-state index in [0.29, 0.717) is 6.54 Å². The Balaban J connectivity index is 2.48. The van der Waals surface area contributed by atoms with Crippen molar-refractivity contribution >= 4 is 15.9 Å². The Labute approximate surface area is 92.6 Å². The highest BCUT2D eigenvalue weighted by atomic mass is 79.9. The van der Waals surface area contributed by atoms with Crippen molar-refractivity contribution in [2.24, 2.45) is 5.73 Å². The summed E-state index contributed by atoms with van der Waals surface area (Å²) in [5, 5.41) is 0. The molecule has 3 heteroatoms. The number of benzene rings is 1. The topological polar surface area (TPSA) is 35.2 Å². The van der Waals surface area contributed by atoms with E-state index in [1.165, 1.54) is 11.1 Å². The van der Waals surface area contributed by atoms with Crippen molar-refractivity contribution in [1.29, 1.82) is 0 Å². The maximum absolute atomic E-state index is 5.80. The van der Waals surface area contributed by atoms with Gasteiger partial charge < -0.3 is 10.5 Å². The number of halogens is 1. The average Bonchev–Trinajstić information content (AvgIpc) is 2.56. The van der Waals surface area contributed by atoms with Gasteiger partial charge in [0.1, 0.15) is 5.60 Å². The van der Waals surface area contributed by atoms with E-state index in [0.717, 1.165) is 17.3 Å². The van der Waals surface area contributed by atoms with Crippen molar-refractivity contribution in [2.75, 3.05) is 13.7 Å². The molecule has 0 heterocycles. The van der Waals surface area contributed by atoms with Crippen LogP contribution in [0, 0.1) is 0 Å². The number of rotatable bonds is 2. The number of aryl methyl sites for hydroxylation is 1. The van der Waals surface area contributed by atoms with E-state index in [4.69, 9.17) is 10.5 Å². The molecule has 1 unspecified atom stereocenters. The highest BCUT2D eigenvalue weighted by Gasteiger charge is 2.37. The third-order valence-electron chi connectivity index (χ3n) is 3.08. The fraction of sp³-hybridized carbons (Fsp3) is 0.455. The van der Waals surface area contributed by atoms with Gasteiger partial charge in [-0.05, 0) is 36.1 Å². The van der Waals surface area contributed by atoms with Gasteiger partial charge in [-0.3, -0.25) is 0 Å². The molecule has 0 spiro atoms. The van der Waals surface area contributed by atoms with Crippen LogP contribution in [0.2, 0.25) is 0 Å². The molecule has 0 saturated heterocycles. The summed E-state index contributed by atoms with van der Waals surface area (Å²) in [5.74, 6) is 0. The van der Waals surface area contributed by atoms with Crippen LogP contribution in [0.15, 0.2) is 22.7 Å². The second kappa shape index (κ2) is 3.65. The largest absolute Gasteiger partial charge is 0.372 e. The Bertz CT molecular complexity index is 347. The summed E-state index contributed by atoms with van der Waals surface area (Å²) in [6, 6.07) is 6.32. The lowest BCUT2D eigenvalue weighted by Gasteiger charge is -2.27. The molecule has 2 rings (SSSR count). The molecule has 1 atom stereocenters. The quantitative estimate of drug-likeness (QED) is 0.880. The fourth-order valence-electron chi connectivity index (χ4n) is 2.19. The van der Waals surface area contributed by atoms with Crippen molar-refractivity contribution in [3.05, 3.63) is 33.8 Å². The summed E-state index contributed by atoms with van der Waals surface area (Å²) in [4.78, 5) is 0. The molecular formula is C11H14BrNO. The highest BCUT2D eigenvalue weighted by molar-refractivity contribution is 9.10. The molecule has 0 saturated carbocycles. The molecule has 1 aliphatic rings. The van der Waals surface area contributed by atoms with E-state index in [1.54, 1.807) is 7.11 Å². The van der Waals surface area contributed by atoms with Crippen LogP contribution in [0.3, 0.4) is 0 Å². The van der Waals surface area contributed by atoms with E-state index in [9.17, 15) is 0 Å². The molecule has 1 aromatic rings. The maximum atomic E-state index is 5.80. The fourth-order valence-corrected chi connectivity index (χ4v) is 2.60. The summed E-state index contributed by atoms with van der Waals surface area (Å²) in [7, 11) is 1.74. The third kappa shape index (κ3) is 1.40. The summed E-state index contributed by atoms with van der Waals surface area (Å²) in [5.41, 5.74) is 8.16. The van der Waals surface area contributed by atoms with E-state index in [2.05, 4.69) is 28.1 Å². The van der Waals surface area contributed by atoms with Crippen LogP contribution in [0.5, 0.6) is 0 Å². The molecule has 0 aromatic heterocycles. The van der Waals surface area contributed by atoms with Crippen LogP contribution in [-0.4, -0.2) is 13.7 Å². The van der Waals surface area contributed by atoms with Crippen molar-refractivity contribution in [2.45, 2.75) is 18.4 Å². The zero-order chi connectivity index (χ0) is 10.2. The Morgan fingerprint density at radius 2 is 2.36 bits per heavy atom. The molecule has 14 heavy (non-hydrogen) atoms. The number of fused-ring (bicyclic) bond motifs is 1. The maximum Gasteiger partial charge on any atom is 0.105 e. The number of ether oxygens (including phenoxy) is 1. The van der Waals surface area contributed by atoms with Crippen molar-refractivity contribution < 1.29 is 4.74 Å². The molecule has 2 nitrogen and oxygen atoms in total. The van der Waals surface area contributed by atoms with Gasteiger partial charge in [0, 0.05) is 18.1 Å². The summed E-state index contributed by atoms with van der Waals surface area (Å²) >= 11 is 3.47. The second-order valence-electron chi connectivity index (χ2n) is 3.70. The first-order valence-electron chi connectivity index (χ1n) is 4.76. The molecule has 0 radical (unpaired) electrons. The Morgan fingerprint density at radius 3 is 3.00 bits per heavy atom. The van der Waals surface area contributed by atoms with Gasteiger partial charge in [0.15, 0.2) is 0 Å². The third-order valence-corrected chi connectivity index (χ3v) is 3.57. The standard InChI is InChI=1S/C11H14BrNO/c1-14-11(7-13)5-4-8-6-9(12)2-3-10(8)11/h2-3,6H,4-5,7,13H2,1H3. The molecule has 0 aliphatic heterocycles. The van der Waals surface area contributed by atoms with Crippen LogP contribution in [0.25, 0.3) is 0 Å². The Kier molecular flexibility index (Phi) is 2.64. The minimum atomic E-state index is -0.240. The zero-order valence-electron chi connectivity index (χ0n) is 8.22. The number of nitrogens with two attached hydrogens (primary N) is 1. The van der Waals surface area contributed by atoms with Gasteiger partial charge in [-0.25, -0.2) is 0 Å². The number of methoxy groups -OCH3 is 1. The molecule has 0 amide bonds. The molecular weight excluding hydrogens is 242 g/mol. The average molecular weight is 256 g/mol. The Hall–Kier alpha value is -0.380. The predicted octanol–water partition coefficient (Wildman–Crippen LogP) is 2.20. The van der Waals surface area contributed by atoms with E-state index >= 15 is 0 Å². The van der Waals surface area contributed by atoms with Gasteiger partial charge in [0.25, 0.3) is 0 Å². The molecule has 1 aromatic carbocycles. The SMILES string of the molecule is COC1(CN)CCc2cc(Br)ccc21. The van der Waals surface area contributed by atoms with E-state index in [-0.39, 0.29) is 5.60 Å². The van der Waals surface area contributed by atoms with Gasteiger partial charge in [-0.1, -0.05) is 22.0 Å². The summed E-state index contributed by atoms with van der Waals surface area (Å²) in [6.07, 6.45) is 2.05. The van der Waals surface area contributed by atoms with Gasteiger partial charge >= 0.3 is 0 Å². The highest BCUT2D eigenvalue weighted by Crippen LogP contribution is 2.39. The van der Waals surface area contributed by atoms with Crippen molar-refractivity contribution in [1.82, 2.24) is 0 Å². The van der Waals surface area contributed by atoms with Crippen molar-refractivity contribution in [3.63, 3.8) is 0 Å². The first-order chi connectivity index (χ1) is 6.72. The first-order valence-corrected chi connectivity index (χ1v) is 5.55.